The van der Waals surface area contributed by atoms with E-state index in [-0.39, 0.29) is 70.9 Å². The van der Waals surface area contributed by atoms with Crippen LogP contribution in [0.5, 0.6) is 0 Å². The third kappa shape index (κ3) is 22.2. The van der Waals surface area contributed by atoms with E-state index in [1.807, 2.05) is 0 Å². The Kier molecular flexibility index (Phi) is 51.1. The summed E-state index contributed by atoms with van der Waals surface area (Å²) in [5, 5.41) is 7.21. The number of hydrogen-bond acceptors (Lipinski definition) is 1. The number of hydrogen-bond donors (Lipinski definition) is 0. The van der Waals surface area contributed by atoms with E-state index >= 15 is 0 Å². The first-order chi connectivity index (χ1) is 1.41. The van der Waals surface area contributed by atoms with Crippen molar-refractivity contribution in [2.45, 2.75) is 0 Å². The van der Waals surface area contributed by atoms with Crippen LogP contribution in [-0.2, 0) is 35.5 Å². The van der Waals surface area contributed by atoms with Gasteiger partial charge in [0.05, 0.1) is 0 Å². The summed E-state index contributed by atoms with van der Waals surface area (Å²) in [6.07, 6.45) is 0. The molecule has 0 aromatic rings. The van der Waals surface area contributed by atoms with Crippen LogP contribution in [-0.4, -0.2) is 51.4 Å². The fourth-order valence-corrected chi connectivity index (χ4v) is 0. The minimum atomic E-state index is 0. The van der Waals surface area contributed by atoms with Crippen LogP contribution in [0, 0.1) is 10.2 Å². The van der Waals surface area contributed by atoms with Gasteiger partial charge in [0.2, 0.25) is 0 Å². The van der Waals surface area contributed by atoms with Gasteiger partial charge in [0, 0.05) is 19.5 Å². The van der Waals surface area contributed by atoms with Crippen molar-refractivity contribution in [3.63, 3.8) is 0 Å². The van der Waals surface area contributed by atoms with E-state index in [1.165, 1.54) is 4.97 Å². The molecule has 21 valence electrons. The largest absolute Gasteiger partial charge is 0 e. The molecule has 0 unspecified atom stereocenters. The molecule has 0 aliphatic carbocycles. The zero-order chi connectivity index (χ0) is 2.71. The molecule has 0 saturated carbocycles. The molecule has 0 fully saturated rings. The summed E-state index contributed by atoms with van der Waals surface area (Å²) in [5.74, 6) is 0. The Labute approximate surface area is 94.9 Å². The Bertz CT molecular complexity index is 33.1. The average molecular weight is 187 g/mol. The van der Waals surface area contributed by atoms with Gasteiger partial charge in [0.15, 0.2) is 0 Å². The van der Waals surface area contributed by atoms with E-state index in [1.54, 1.807) is 0 Å². The van der Waals surface area contributed by atoms with Gasteiger partial charge in [-0.25, -0.2) is 0 Å². The van der Waals surface area contributed by atoms with E-state index in [4.69, 9.17) is 5.26 Å². The van der Waals surface area contributed by atoms with E-state index in [9.17, 15) is 0 Å². The zero-order valence-corrected chi connectivity index (χ0v) is 6.08. The summed E-state index contributed by atoms with van der Waals surface area (Å²) in [6, 6.07) is 0. The first-order valence-corrected chi connectivity index (χ1v) is 0.952. The third-order valence-electron chi connectivity index (χ3n) is 0. The topological polar surface area (TPSA) is 23.8 Å². The summed E-state index contributed by atoms with van der Waals surface area (Å²) < 4.78 is 0. The first-order valence-electron chi connectivity index (χ1n) is 0.400. The van der Waals surface area contributed by atoms with Crippen molar-refractivity contribution in [3.05, 3.63) is 0 Å². The van der Waals surface area contributed by atoms with E-state index in [0.717, 1.165) is 0 Å². The zero-order valence-electron chi connectivity index (χ0n) is 2.01. The van der Waals surface area contributed by atoms with Crippen LogP contribution in [0.25, 0.3) is 0 Å². The number of rotatable bonds is 0. The standard InChI is InChI=1S/CN.Fe.K.Zn.H/c1-2;;;;. The van der Waals surface area contributed by atoms with Crippen molar-refractivity contribution in [2.75, 3.05) is 0 Å². The van der Waals surface area contributed by atoms with Gasteiger partial charge < -0.3 is 0 Å². The van der Waals surface area contributed by atoms with Crippen LogP contribution in [0.1, 0.15) is 0 Å². The number of nitriles is 1. The quantitative estimate of drug-likeness (QED) is 0.463. The van der Waals surface area contributed by atoms with Crippen LogP contribution < -0.4 is 0 Å². The van der Waals surface area contributed by atoms with Crippen LogP contribution in [0.4, 0.5) is 0 Å². The molecule has 0 aromatic carbocycles. The molecule has 0 aliphatic rings. The Morgan fingerprint density at radius 2 is 1.60 bits per heavy atom. The predicted molar refractivity (Wildman–Crippen MR) is 12.8 cm³/mol. The summed E-state index contributed by atoms with van der Waals surface area (Å²) in [5.41, 5.74) is 0. The Morgan fingerprint density at radius 3 is 1.60 bits per heavy atom. The van der Waals surface area contributed by atoms with Crippen LogP contribution in [0.2, 0.25) is 0 Å². The Balaban J connectivity index is -0.0000000200. The first kappa shape index (κ1) is 15.7. The van der Waals surface area contributed by atoms with Gasteiger partial charge in [-0.05, 0) is 0 Å². The van der Waals surface area contributed by atoms with Crippen molar-refractivity contribution in [1.29, 1.82) is 5.26 Å². The fraction of sp³-hybridized carbons (Fsp3) is 0. The molecule has 0 saturated heterocycles. The predicted octanol–water partition coefficient (Wildman–Crippen LogP) is -0.637. The monoisotopic (exact) mass is 186 g/mol. The van der Waals surface area contributed by atoms with Gasteiger partial charge in [-0.2, -0.15) is 0 Å². The number of nitrogens with zero attached hydrogens (tertiary/aromatic N) is 1. The van der Waals surface area contributed by atoms with Crippen molar-refractivity contribution < 1.29 is 35.5 Å². The third-order valence-corrected chi connectivity index (χ3v) is 0. The van der Waals surface area contributed by atoms with Gasteiger partial charge >= 0.3 is 77.6 Å². The normalized spacial score (nSPS) is 1.60. The maximum atomic E-state index is 7.21. The molecule has 1 nitrogen and oxygen atoms in total. The van der Waals surface area contributed by atoms with Crippen molar-refractivity contribution in [2.24, 2.45) is 0 Å². The second-order valence-electron chi connectivity index (χ2n) is 0.0791. The Morgan fingerprint density at radius 1 is 1.60 bits per heavy atom. The van der Waals surface area contributed by atoms with Crippen molar-refractivity contribution in [3.8, 4) is 4.97 Å². The fourth-order valence-electron chi connectivity index (χ4n) is 0. The molecule has 5 heavy (non-hydrogen) atoms. The van der Waals surface area contributed by atoms with Gasteiger partial charge in [0.25, 0.3) is 0 Å². The summed E-state index contributed by atoms with van der Waals surface area (Å²) in [7, 11) is 0. The molecular formula is CHFeKNZn. The molecule has 0 amide bonds. The molecule has 4 heteroatoms. The summed E-state index contributed by atoms with van der Waals surface area (Å²) in [4.78, 5) is 1.50. The van der Waals surface area contributed by atoms with Gasteiger partial charge in [-0.1, -0.05) is 0 Å². The average Bonchev–Trinajstić information content (AvgIpc) is 0.918. The molecule has 0 heterocycles. The minimum absolute atomic E-state index is 0. The van der Waals surface area contributed by atoms with Gasteiger partial charge in [0.1, 0.15) is 0 Å². The van der Waals surface area contributed by atoms with Gasteiger partial charge in [-0.15, -0.1) is 0 Å². The van der Waals surface area contributed by atoms with Crippen LogP contribution in [0.3, 0.4) is 0 Å². The summed E-state index contributed by atoms with van der Waals surface area (Å²) >= 11 is 2.79. The molecule has 0 aromatic heterocycles. The second-order valence-corrected chi connectivity index (χ2v) is 0.326. The molecule has 0 N–H and O–H groups in total. The minimum Gasteiger partial charge on any atom is 0 e. The molecule has 0 radical (unpaired) electrons. The molecule has 0 rings (SSSR count). The van der Waals surface area contributed by atoms with E-state index in [2.05, 4.69) is 16.0 Å². The molecule has 0 spiro atoms. The smallest absolute Gasteiger partial charge is 0 e. The van der Waals surface area contributed by atoms with E-state index < -0.39 is 0 Å². The Hall–Kier alpha value is 2.27. The maximum absolute atomic E-state index is 7.21. The van der Waals surface area contributed by atoms with Crippen molar-refractivity contribution >= 4 is 51.4 Å². The van der Waals surface area contributed by atoms with Crippen LogP contribution in [0.15, 0.2) is 0 Å². The second kappa shape index (κ2) is 16.3. The molecule has 0 atom stereocenters. The SMILES string of the molecule is N#[C][Fe].[KH].[Zn]. The van der Waals surface area contributed by atoms with Crippen molar-refractivity contribution in [1.82, 2.24) is 0 Å². The van der Waals surface area contributed by atoms with Crippen LogP contribution >= 0.6 is 0 Å². The maximum Gasteiger partial charge on any atom is 0 e. The molecular weight excluding hydrogens is 186 g/mol. The summed E-state index contributed by atoms with van der Waals surface area (Å²) in [6.45, 7) is 0. The van der Waals surface area contributed by atoms with E-state index in [0.29, 0.717) is 0 Å². The molecule has 0 bridgehead atoms. The van der Waals surface area contributed by atoms with Gasteiger partial charge in [-0.3, -0.25) is 0 Å². The molecule has 0 aliphatic heterocycles.